The minimum Gasteiger partial charge on any atom is -0.488 e. The Morgan fingerprint density at radius 3 is 2.93 bits per heavy atom. The van der Waals surface area contributed by atoms with E-state index in [0.717, 1.165) is 15.6 Å². The highest BCUT2D eigenvalue weighted by molar-refractivity contribution is 7.17. The molecule has 1 N–H and O–H groups in total. The van der Waals surface area contributed by atoms with Crippen LogP contribution in [0.3, 0.4) is 0 Å². The molecule has 1 aromatic carbocycles. The molecule has 1 aliphatic rings. The number of carbonyl (C=O) groups is 1. The zero-order valence-corrected chi connectivity index (χ0v) is 16.7. The van der Waals surface area contributed by atoms with Gasteiger partial charge < -0.3 is 14.6 Å². The van der Waals surface area contributed by atoms with Gasteiger partial charge in [0, 0.05) is 23.3 Å². The minimum absolute atomic E-state index is 0.0619. The molecule has 1 amide bonds. The molecule has 1 fully saturated rings. The summed E-state index contributed by atoms with van der Waals surface area (Å²) in [6, 6.07) is 7.49. The van der Waals surface area contributed by atoms with Gasteiger partial charge in [0.1, 0.15) is 17.5 Å². The summed E-state index contributed by atoms with van der Waals surface area (Å²) in [7, 11) is 1.76. The van der Waals surface area contributed by atoms with E-state index in [2.05, 4.69) is 15.0 Å². The van der Waals surface area contributed by atoms with Crippen molar-refractivity contribution in [3.05, 3.63) is 51.8 Å². The van der Waals surface area contributed by atoms with E-state index in [4.69, 9.17) is 4.74 Å². The number of nitrogens with one attached hydrogen (secondary N) is 1. The number of benzene rings is 1. The molecule has 1 saturated heterocycles. The van der Waals surface area contributed by atoms with Crippen molar-refractivity contribution in [3.63, 3.8) is 0 Å². The van der Waals surface area contributed by atoms with Crippen LogP contribution in [0.1, 0.15) is 12.0 Å². The molecule has 1 atom stereocenters. The molecule has 0 aliphatic carbocycles. The highest BCUT2D eigenvalue weighted by atomic mass is 32.1. The second-order valence-corrected chi connectivity index (χ2v) is 8.24. The summed E-state index contributed by atoms with van der Waals surface area (Å²) in [6.07, 6.45) is 1.92. The van der Waals surface area contributed by atoms with Gasteiger partial charge in [0.15, 0.2) is 5.82 Å². The van der Waals surface area contributed by atoms with Crippen LogP contribution in [0, 0.1) is 6.92 Å². The van der Waals surface area contributed by atoms with E-state index in [-0.39, 0.29) is 17.6 Å². The monoisotopic (exact) mass is 406 g/mol. The standard InChI is InChI=1S/C21H18N4O3S/c1-11-5-13(28-14-7-18(26)25(2)10-14)6-15-19(11)23-20(24-21(15)27)16-8-17-12(9-22-16)3-4-29-17/h3-6,8-9,14H,7,10H2,1-2H3,(H,23,24,27)/t14-/m1/s1. The Bertz CT molecular complexity index is 1330. The molecule has 0 unspecified atom stereocenters. The molecule has 0 saturated carbocycles. The summed E-state index contributed by atoms with van der Waals surface area (Å²) in [6.45, 7) is 2.44. The van der Waals surface area contributed by atoms with Gasteiger partial charge in [0.25, 0.3) is 5.56 Å². The summed E-state index contributed by atoms with van der Waals surface area (Å²) in [5, 5.41) is 3.53. The van der Waals surface area contributed by atoms with Gasteiger partial charge in [0.05, 0.1) is 23.9 Å². The van der Waals surface area contributed by atoms with E-state index in [9.17, 15) is 9.59 Å². The molecule has 0 spiro atoms. The zero-order chi connectivity index (χ0) is 20.1. The number of hydrogen-bond acceptors (Lipinski definition) is 6. The molecule has 146 valence electrons. The van der Waals surface area contributed by atoms with Crippen molar-refractivity contribution in [2.75, 3.05) is 13.6 Å². The lowest BCUT2D eigenvalue weighted by atomic mass is 10.1. The van der Waals surface area contributed by atoms with Gasteiger partial charge in [0.2, 0.25) is 5.91 Å². The van der Waals surface area contributed by atoms with Crippen LogP contribution >= 0.6 is 11.3 Å². The smallest absolute Gasteiger partial charge is 0.259 e. The topological polar surface area (TPSA) is 88.2 Å². The second-order valence-electron chi connectivity index (χ2n) is 7.30. The fourth-order valence-electron chi connectivity index (χ4n) is 3.65. The number of ether oxygens (including phenoxy) is 1. The molecule has 7 nitrogen and oxygen atoms in total. The third-order valence-corrected chi connectivity index (χ3v) is 6.04. The van der Waals surface area contributed by atoms with Crippen molar-refractivity contribution in [1.82, 2.24) is 19.9 Å². The number of nitrogens with zero attached hydrogens (tertiary/aromatic N) is 3. The van der Waals surface area contributed by atoms with Crippen LogP contribution < -0.4 is 10.3 Å². The van der Waals surface area contributed by atoms with E-state index < -0.39 is 0 Å². The maximum Gasteiger partial charge on any atom is 0.259 e. The normalized spacial score (nSPS) is 16.8. The number of hydrogen-bond donors (Lipinski definition) is 1. The molecule has 3 aromatic heterocycles. The van der Waals surface area contributed by atoms with E-state index in [1.807, 2.05) is 30.5 Å². The van der Waals surface area contributed by atoms with Crippen LogP contribution in [0.4, 0.5) is 0 Å². The van der Waals surface area contributed by atoms with Crippen LogP contribution in [0.25, 0.3) is 32.5 Å². The largest absolute Gasteiger partial charge is 0.488 e. The molecule has 0 radical (unpaired) electrons. The van der Waals surface area contributed by atoms with Crippen LogP contribution in [0.15, 0.2) is 40.6 Å². The van der Waals surface area contributed by atoms with Crippen molar-refractivity contribution in [3.8, 4) is 17.3 Å². The van der Waals surface area contributed by atoms with Gasteiger partial charge in [-0.3, -0.25) is 14.6 Å². The Morgan fingerprint density at radius 2 is 2.14 bits per heavy atom. The number of aryl methyl sites for hydroxylation is 1. The Hall–Kier alpha value is -3.26. The first-order valence-corrected chi connectivity index (χ1v) is 10.1. The number of likely N-dealkylation sites (tertiary alicyclic amines) is 1. The first-order valence-electron chi connectivity index (χ1n) is 9.27. The summed E-state index contributed by atoms with van der Waals surface area (Å²) >= 11 is 1.62. The number of fused-ring (bicyclic) bond motifs is 2. The molecule has 29 heavy (non-hydrogen) atoms. The van der Waals surface area contributed by atoms with Gasteiger partial charge in [-0.2, -0.15) is 0 Å². The average Bonchev–Trinajstić information content (AvgIpc) is 3.28. The SMILES string of the molecule is Cc1cc(O[C@@H]2CC(=O)N(C)C2)cc2c(=O)[nH]c(-c3cc4sccc4cn3)nc12. The molecule has 1 aliphatic heterocycles. The van der Waals surface area contributed by atoms with Crippen LogP contribution in [-0.2, 0) is 4.79 Å². The van der Waals surface area contributed by atoms with Crippen molar-refractivity contribution in [2.45, 2.75) is 19.4 Å². The number of thiophene rings is 1. The summed E-state index contributed by atoms with van der Waals surface area (Å²) in [4.78, 5) is 38.1. The third kappa shape index (κ3) is 3.15. The Balaban J connectivity index is 1.54. The number of pyridine rings is 1. The lowest BCUT2D eigenvalue weighted by molar-refractivity contribution is -0.126. The second kappa shape index (κ2) is 6.66. The first kappa shape index (κ1) is 17.8. The molecular weight excluding hydrogens is 388 g/mol. The molecule has 8 heteroatoms. The maximum absolute atomic E-state index is 12.8. The fourth-order valence-corrected chi connectivity index (χ4v) is 4.45. The first-order chi connectivity index (χ1) is 14.0. The Labute approximate surface area is 170 Å². The zero-order valence-electron chi connectivity index (χ0n) is 15.9. The third-order valence-electron chi connectivity index (χ3n) is 5.16. The lowest BCUT2D eigenvalue weighted by Gasteiger charge is -2.14. The Morgan fingerprint density at radius 1 is 1.28 bits per heavy atom. The highest BCUT2D eigenvalue weighted by Crippen LogP contribution is 2.27. The van der Waals surface area contributed by atoms with E-state index >= 15 is 0 Å². The Kier molecular flexibility index (Phi) is 4.09. The lowest BCUT2D eigenvalue weighted by Crippen LogP contribution is -2.22. The van der Waals surface area contributed by atoms with Crippen LogP contribution in [0.2, 0.25) is 0 Å². The van der Waals surface area contributed by atoms with Gasteiger partial charge in [-0.1, -0.05) is 0 Å². The predicted molar refractivity (Wildman–Crippen MR) is 112 cm³/mol. The summed E-state index contributed by atoms with van der Waals surface area (Å²) < 4.78 is 7.05. The number of H-pyrrole nitrogens is 1. The van der Waals surface area contributed by atoms with E-state index in [1.165, 1.54) is 0 Å². The maximum atomic E-state index is 12.8. The van der Waals surface area contributed by atoms with E-state index in [0.29, 0.717) is 41.1 Å². The molecule has 4 heterocycles. The number of rotatable bonds is 3. The van der Waals surface area contributed by atoms with Crippen molar-refractivity contribution < 1.29 is 9.53 Å². The van der Waals surface area contributed by atoms with E-state index in [1.54, 1.807) is 35.5 Å². The number of likely N-dealkylation sites (N-methyl/N-ethyl adjacent to an activating group) is 1. The van der Waals surface area contributed by atoms with Crippen molar-refractivity contribution >= 4 is 38.2 Å². The number of amides is 1. The fraction of sp³-hybridized carbons (Fsp3) is 0.238. The van der Waals surface area contributed by atoms with Gasteiger partial charge in [-0.15, -0.1) is 11.3 Å². The van der Waals surface area contributed by atoms with Crippen molar-refractivity contribution in [1.29, 1.82) is 0 Å². The molecule has 0 bridgehead atoms. The number of aromatic amines is 1. The minimum atomic E-state index is -0.244. The van der Waals surface area contributed by atoms with Crippen LogP contribution in [-0.4, -0.2) is 45.5 Å². The van der Waals surface area contributed by atoms with Crippen LogP contribution in [0.5, 0.6) is 5.75 Å². The summed E-state index contributed by atoms with van der Waals surface area (Å²) in [5.41, 5.74) is 1.83. The average molecular weight is 406 g/mol. The van der Waals surface area contributed by atoms with Gasteiger partial charge in [-0.05, 0) is 42.1 Å². The molecule has 5 rings (SSSR count). The number of aromatic nitrogens is 3. The molecular formula is C21H18N4O3S. The van der Waals surface area contributed by atoms with Gasteiger partial charge >= 0.3 is 0 Å². The highest BCUT2D eigenvalue weighted by Gasteiger charge is 2.28. The van der Waals surface area contributed by atoms with Gasteiger partial charge in [-0.25, -0.2) is 4.98 Å². The summed E-state index contributed by atoms with van der Waals surface area (Å²) in [5.74, 6) is 1.07. The predicted octanol–water partition coefficient (Wildman–Crippen LogP) is 3.12. The number of carbonyl (C=O) groups excluding carboxylic acids is 1. The molecule has 4 aromatic rings. The quantitative estimate of drug-likeness (QED) is 0.565. The van der Waals surface area contributed by atoms with Crippen molar-refractivity contribution in [2.24, 2.45) is 0 Å².